The standard InChI is InChI=1S/C14H17F3N2OS/c1-13(8-2-3-11(13)18)12(20)19-9-4-6-10(7-5-9)21-14(15,16)17/h4-7,11H,2-3,8,18H2,1H3,(H,19,20). The zero-order chi connectivity index (χ0) is 15.7. The lowest BCUT2D eigenvalue weighted by atomic mass is 9.84. The molecule has 1 saturated carbocycles. The highest BCUT2D eigenvalue weighted by Gasteiger charge is 2.42. The quantitative estimate of drug-likeness (QED) is 0.835. The van der Waals surface area contributed by atoms with Gasteiger partial charge in [-0.15, -0.1) is 0 Å². The molecule has 0 spiro atoms. The summed E-state index contributed by atoms with van der Waals surface area (Å²) in [6.45, 7) is 1.83. The van der Waals surface area contributed by atoms with Crippen molar-refractivity contribution >= 4 is 23.4 Å². The van der Waals surface area contributed by atoms with Crippen LogP contribution in [0.15, 0.2) is 29.2 Å². The van der Waals surface area contributed by atoms with E-state index in [4.69, 9.17) is 5.73 Å². The summed E-state index contributed by atoms with van der Waals surface area (Å²) >= 11 is -0.179. The molecule has 0 saturated heterocycles. The van der Waals surface area contributed by atoms with Crippen molar-refractivity contribution in [3.8, 4) is 0 Å². The van der Waals surface area contributed by atoms with Gasteiger partial charge in [0.25, 0.3) is 0 Å². The van der Waals surface area contributed by atoms with Gasteiger partial charge in [-0.05, 0) is 55.8 Å². The van der Waals surface area contributed by atoms with E-state index in [9.17, 15) is 18.0 Å². The largest absolute Gasteiger partial charge is 0.446 e. The molecule has 1 aliphatic carbocycles. The van der Waals surface area contributed by atoms with Crippen LogP contribution in [0.1, 0.15) is 26.2 Å². The van der Waals surface area contributed by atoms with Crippen LogP contribution in [0.3, 0.4) is 0 Å². The second-order valence-corrected chi connectivity index (χ2v) is 6.58. The molecule has 2 atom stereocenters. The van der Waals surface area contributed by atoms with Gasteiger partial charge in [0.05, 0.1) is 5.41 Å². The number of carbonyl (C=O) groups excluding carboxylic acids is 1. The minimum atomic E-state index is -4.31. The van der Waals surface area contributed by atoms with Crippen LogP contribution >= 0.6 is 11.8 Å². The van der Waals surface area contributed by atoms with E-state index in [0.717, 1.165) is 19.3 Å². The normalized spacial score (nSPS) is 25.9. The van der Waals surface area contributed by atoms with Crippen molar-refractivity contribution in [2.75, 3.05) is 5.32 Å². The molecule has 3 N–H and O–H groups in total. The first-order valence-electron chi connectivity index (χ1n) is 6.63. The number of amides is 1. The van der Waals surface area contributed by atoms with Crippen LogP contribution in [-0.4, -0.2) is 17.5 Å². The average molecular weight is 318 g/mol. The summed E-state index contributed by atoms with van der Waals surface area (Å²) in [5, 5.41) is 2.74. The Kier molecular flexibility index (Phi) is 4.53. The lowest BCUT2D eigenvalue weighted by molar-refractivity contribution is -0.125. The minimum absolute atomic E-state index is 0.0873. The van der Waals surface area contributed by atoms with E-state index in [2.05, 4.69) is 5.32 Å². The van der Waals surface area contributed by atoms with Crippen LogP contribution in [0.2, 0.25) is 0 Å². The molecule has 0 aromatic heterocycles. The number of nitrogens with one attached hydrogen (secondary N) is 1. The lowest BCUT2D eigenvalue weighted by Gasteiger charge is -2.27. The Labute approximate surface area is 125 Å². The molecular weight excluding hydrogens is 301 g/mol. The van der Waals surface area contributed by atoms with Gasteiger partial charge in [-0.2, -0.15) is 13.2 Å². The zero-order valence-electron chi connectivity index (χ0n) is 11.5. The van der Waals surface area contributed by atoms with E-state index in [1.54, 1.807) is 0 Å². The van der Waals surface area contributed by atoms with Crippen molar-refractivity contribution < 1.29 is 18.0 Å². The molecule has 3 nitrogen and oxygen atoms in total. The summed E-state index contributed by atoms with van der Waals surface area (Å²) in [5.74, 6) is -0.177. The highest BCUT2D eigenvalue weighted by molar-refractivity contribution is 8.00. The summed E-state index contributed by atoms with van der Waals surface area (Å²) in [6.07, 6.45) is 2.44. The number of alkyl halides is 3. The second-order valence-electron chi connectivity index (χ2n) is 5.44. The van der Waals surface area contributed by atoms with Crippen LogP contribution in [0.5, 0.6) is 0 Å². The topological polar surface area (TPSA) is 55.1 Å². The minimum Gasteiger partial charge on any atom is -0.327 e. The second kappa shape index (κ2) is 5.88. The molecule has 2 unspecified atom stereocenters. The van der Waals surface area contributed by atoms with Gasteiger partial charge >= 0.3 is 5.51 Å². The van der Waals surface area contributed by atoms with Gasteiger partial charge in [-0.25, -0.2) is 0 Å². The van der Waals surface area contributed by atoms with Gasteiger partial charge in [0.1, 0.15) is 0 Å². The Morgan fingerprint density at radius 3 is 2.48 bits per heavy atom. The van der Waals surface area contributed by atoms with Crippen LogP contribution in [0.25, 0.3) is 0 Å². The van der Waals surface area contributed by atoms with Crippen molar-refractivity contribution in [3.63, 3.8) is 0 Å². The molecular formula is C14H17F3N2OS. The Morgan fingerprint density at radius 1 is 1.38 bits per heavy atom. The highest BCUT2D eigenvalue weighted by atomic mass is 32.2. The Morgan fingerprint density at radius 2 is 2.00 bits per heavy atom. The van der Waals surface area contributed by atoms with Gasteiger partial charge < -0.3 is 11.1 Å². The third kappa shape index (κ3) is 3.91. The Bertz CT molecular complexity index is 518. The van der Waals surface area contributed by atoms with Gasteiger partial charge in [0.2, 0.25) is 5.91 Å². The summed E-state index contributed by atoms with van der Waals surface area (Å²) in [4.78, 5) is 12.4. The van der Waals surface area contributed by atoms with Gasteiger partial charge in [-0.1, -0.05) is 6.42 Å². The number of halogens is 3. The molecule has 21 heavy (non-hydrogen) atoms. The van der Waals surface area contributed by atoms with Crippen molar-refractivity contribution in [1.29, 1.82) is 0 Å². The molecule has 0 bridgehead atoms. The monoisotopic (exact) mass is 318 g/mol. The molecule has 1 aromatic carbocycles. The molecule has 116 valence electrons. The Hall–Kier alpha value is -1.21. The zero-order valence-corrected chi connectivity index (χ0v) is 12.4. The van der Waals surface area contributed by atoms with Crippen molar-refractivity contribution in [2.24, 2.45) is 11.1 Å². The first-order valence-corrected chi connectivity index (χ1v) is 7.45. The lowest BCUT2D eigenvalue weighted by Crippen LogP contribution is -2.44. The Balaban J connectivity index is 2.02. The maximum atomic E-state index is 12.3. The van der Waals surface area contributed by atoms with Gasteiger partial charge in [0, 0.05) is 16.6 Å². The number of rotatable bonds is 3. The molecule has 2 rings (SSSR count). The average Bonchev–Trinajstić information content (AvgIpc) is 2.72. The predicted molar refractivity (Wildman–Crippen MR) is 76.9 cm³/mol. The van der Waals surface area contributed by atoms with E-state index >= 15 is 0 Å². The number of benzene rings is 1. The molecule has 0 heterocycles. The van der Waals surface area contributed by atoms with Crippen LogP contribution in [0.4, 0.5) is 18.9 Å². The molecule has 0 aliphatic heterocycles. The predicted octanol–water partition coefficient (Wildman–Crippen LogP) is 3.75. The van der Waals surface area contributed by atoms with E-state index in [0.29, 0.717) is 5.69 Å². The molecule has 0 radical (unpaired) electrons. The van der Waals surface area contributed by atoms with Crippen LogP contribution < -0.4 is 11.1 Å². The maximum Gasteiger partial charge on any atom is 0.446 e. The summed E-state index contributed by atoms with van der Waals surface area (Å²) in [5.41, 5.74) is 1.53. The third-order valence-electron chi connectivity index (χ3n) is 3.89. The molecule has 1 amide bonds. The van der Waals surface area contributed by atoms with Gasteiger partial charge in [-0.3, -0.25) is 4.79 Å². The fraction of sp³-hybridized carbons (Fsp3) is 0.500. The molecule has 1 fully saturated rings. The summed E-state index contributed by atoms with van der Waals surface area (Å²) in [7, 11) is 0. The van der Waals surface area contributed by atoms with Crippen LogP contribution in [-0.2, 0) is 4.79 Å². The smallest absolute Gasteiger partial charge is 0.327 e. The highest BCUT2D eigenvalue weighted by Crippen LogP contribution is 2.39. The van der Waals surface area contributed by atoms with E-state index in [1.807, 2.05) is 6.92 Å². The third-order valence-corrected chi connectivity index (χ3v) is 4.63. The van der Waals surface area contributed by atoms with Crippen molar-refractivity contribution in [3.05, 3.63) is 24.3 Å². The summed E-state index contributed by atoms with van der Waals surface area (Å²) in [6, 6.07) is 5.43. The first-order chi connectivity index (χ1) is 9.71. The number of nitrogens with two attached hydrogens (primary N) is 1. The fourth-order valence-electron chi connectivity index (χ4n) is 2.49. The fourth-order valence-corrected chi connectivity index (χ4v) is 3.03. The van der Waals surface area contributed by atoms with Crippen molar-refractivity contribution in [1.82, 2.24) is 0 Å². The SMILES string of the molecule is CC1(C(=O)Nc2ccc(SC(F)(F)F)cc2)CCCC1N. The molecule has 1 aromatic rings. The summed E-state index contributed by atoms with van der Waals surface area (Å²) < 4.78 is 36.7. The van der Waals surface area contributed by atoms with Crippen molar-refractivity contribution in [2.45, 2.75) is 42.6 Å². The van der Waals surface area contributed by atoms with E-state index < -0.39 is 10.9 Å². The number of hydrogen-bond acceptors (Lipinski definition) is 3. The van der Waals surface area contributed by atoms with E-state index in [-0.39, 0.29) is 28.6 Å². The molecule has 7 heteroatoms. The van der Waals surface area contributed by atoms with Crippen LogP contribution in [0, 0.1) is 5.41 Å². The number of anilines is 1. The number of thioether (sulfide) groups is 1. The first kappa shape index (κ1) is 16.2. The number of hydrogen-bond donors (Lipinski definition) is 2. The number of carbonyl (C=O) groups is 1. The molecule has 1 aliphatic rings. The van der Waals surface area contributed by atoms with Gasteiger partial charge in [0.15, 0.2) is 0 Å². The maximum absolute atomic E-state index is 12.3. The van der Waals surface area contributed by atoms with E-state index in [1.165, 1.54) is 24.3 Å².